The predicted octanol–water partition coefficient (Wildman–Crippen LogP) is 3.08. The number of nitrogens with one attached hydrogen (secondary N) is 1. The van der Waals surface area contributed by atoms with Crippen molar-refractivity contribution in [1.29, 1.82) is 0 Å². The molecule has 1 aliphatic heterocycles. The number of carbonyl (C=O) groups is 1. The Morgan fingerprint density at radius 2 is 2.18 bits per heavy atom. The van der Waals surface area contributed by atoms with E-state index in [1.807, 2.05) is 42.6 Å². The van der Waals surface area contributed by atoms with Crippen LogP contribution in [0.2, 0.25) is 0 Å². The fourth-order valence-electron chi connectivity index (χ4n) is 3.51. The maximum absolute atomic E-state index is 11.1. The van der Waals surface area contributed by atoms with E-state index < -0.39 is 5.97 Å². The van der Waals surface area contributed by atoms with E-state index in [0.717, 1.165) is 48.4 Å². The molecule has 0 radical (unpaired) electrons. The minimum atomic E-state index is -0.690. The molecule has 28 heavy (non-hydrogen) atoms. The zero-order valence-corrected chi connectivity index (χ0v) is 16.2. The molecule has 2 aromatic carbocycles. The van der Waals surface area contributed by atoms with Gasteiger partial charge in [-0.25, -0.2) is 0 Å². The monoisotopic (exact) mass is 381 g/mol. The molecule has 0 amide bonds. The molecule has 1 heterocycles. The highest BCUT2D eigenvalue weighted by atomic mass is 16.5. The maximum atomic E-state index is 11.1. The highest BCUT2D eigenvalue weighted by Gasteiger charge is 2.24. The second kappa shape index (κ2) is 9.90. The molecule has 0 aromatic heterocycles. The van der Waals surface area contributed by atoms with Gasteiger partial charge in [0.05, 0.1) is 19.2 Å². The number of methoxy groups -OCH3 is 1. The molecule has 0 bridgehead atoms. The van der Waals surface area contributed by atoms with Crippen molar-refractivity contribution < 1.29 is 14.6 Å². The van der Waals surface area contributed by atoms with Gasteiger partial charge in [-0.2, -0.15) is 5.10 Å². The van der Waals surface area contributed by atoms with E-state index in [1.165, 1.54) is 0 Å². The molecule has 1 fully saturated rings. The van der Waals surface area contributed by atoms with Crippen molar-refractivity contribution >= 4 is 12.2 Å². The fraction of sp³-hybridized carbons (Fsp3) is 0.364. The number of nitrogens with zero attached hydrogens (tertiary/aromatic N) is 2. The Kier molecular flexibility index (Phi) is 7.03. The molecule has 2 aromatic rings. The van der Waals surface area contributed by atoms with Gasteiger partial charge in [-0.1, -0.05) is 36.4 Å². The van der Waals surface area contributed by atoms with E-state index in [0.29, 0.717) is 13.1 Å². The Bertz CT molecular complexity index is 822. The first kappa shape index (κ1) is 19.9. The van der Waals surface area contributed by atoms with Gasteiger partial charge in [-0.15, -0.1) is 0 Å². The summed E-state index contributed by atoms with van der Waals surface area (Å²) in [6.07, 6.45) is 3.54. The number of piperidine rings is 1. The van der Waals surface area contributed by atoms with Gasteiger partial charge in [0.15, 0.2) is 0 Å². The quantitative estimate of drug-likeness (QED) is 0.418. The molecule has 148 valence electrons. The van der Waals surface area contributed by atoms with Gasteiger partial charge >= 0.3 is 5.97 Å². The number of rotatable bonds is 8. The summed E-state index contributed by atoms with van der Waals surface area (Å²) in [5.74, 6) is -0.111. The minimum absolute atomic E-state index is 0.244. The maximum Gasteiger partial charge on any atom is 0.307 e. The highest BCUT2D eigenvalue weighted by Crippen LogP contribution is 2.26. The lowest BCUT2D eigenvalue weighted by atomic mass is 9.98. The van der Waals surface area contributed by atoms with Gasteiger partial charge in [0.1, 0.15) is 5.75 Å². The van der Waals surface area contributed by atoms with Crippen LogP contribution in [-0.4, -0.2) is 55.5 Å². The SMILES string of the molecule is COc1cccc(-c2ccccc2/C=N/NCCN2CCCC(C(=O)O)C2)c1. The standard InChI is InChI=1S/C22H27N3O3/c1-28-20-9-4-7-17(14-20)21-10-3-2-6-18(21)15-24-23-11-13-25-12-5-8-19(16-25)22(26)27/h2-4,6-7,9-10,14-15,19,23H,5,8,11-13,16H2,1H3,(H,26,27)/b24-15+. The lowest BCUT2D eigenvalue weighted by molar-refractivity contribution is -0.143. The largest absolute Gasteiger partial charge is 0.497 e. The summed E-state index contributed by atoms with van der Waals surface area (Å²) >= 11 is 0. The van der Waals surface area contributed by atoms with E-state index in [9.17, 15) is 9.90 Å². The Hall–Kier alpha value is -2.86. The summed E-state index contributed by atoms with van der Waals surface area (Å²) in [4.78, 5) is 13.3. The summed E-state index contributed by atoms with van der Waals surface area (Å²) in [7, 11) is 1.66. The van der Waals surface area contributed by atoms with Crippen molar-refractivity contribution in [3.63, 3.8) is 0 Å². The molecule has 6 nitrogen and oxygen atoms in total. The molecule has 1 saturated heterocycles. The zero-order valence-electron chi connectivity index (χ0n) is 16.2. The van der Waals surface area contributed by atoms with Gasteiger partial charge in [-0.3, -0.25) is 4.79 Å². The van der Waals surface area contributed by atoms with Crippen LogP contribution in [0.1, 0.15) is 18.4 Å². The van der Waals surface area contributed by atoms with E-state index >= 15 is 0 Å². The molecular formula is C22H27N3O3. The number of aliphatic carboxylic acids is 1. The lowest BCUT2D eigenvalue weighted by Crippen LogP contribution is -2.41. The Balaban J connectivity index is 1.56. The number of likely N-dealkylation sites (tertiary alicyclic amines) is 1. The molecule has 1 unspecified atom stereocenters. The van der Waals surface area contributed by atoms with Crippen LogP contribution in [0.5, 0.6) is 5.75 Å². The van der Waals surface area contributed by atoms with Gasteiger partial charge in [-0.05, 0) is 42.6 Å². The summed E-state index contributed by atoms with van der Waals surface area (Å²) in [5, 5.41) is 13.5. The Morgan fingerprint density at radius 3 is 3.00 bits per heavy atom. The average molecular weight is 381 g/mol. The van der Waals surface area contributed by atoms with Crippen molar-refractivity contribution in [1.82, 2.24) is 10.3 Å². The first-order chi connectivity index (χ1) is 13.7. The Morgan fingerprint density at radius 1 is 1.32 bits per heavy atom. The van der Waals surface area contributed by atoms with Crippen LogP contribution in [0.25, 0.3) is 11.1 Å². The third-order valence-electron chi connectivity index (χ3n) is 5.03. The van der Waals surface area contributed by atoms with Crippen LogP contribution in [0, 0.1) is 5.92 Å². The minimum Gasteiger partial charge on any atom is -0.497 e. The second-order valence-electron chi connectivity index (χ2n) is 6.96. The van der Waals surface area contributed by atoms with Crippen molar-refractivity contribution in [3.05, 3.63) is 54.1 Å². The molecule has 2 N–H and O–H groups in total. The summed E-state index contributed by atoms with van der Waals surface area (Å²) in [6, 6.07) is 16.1. The van der Waals surface area contributed by atoms with Gasteiger partial charge in [0.2, 0.25) is 0 Å². The van der Waals surface area contributed by atoms with Crippen molar-refractivity contribution in [3.8, 4) is 16.9 Å². The molecule has 0 spiro atoms. The highest BCUT2D eigenvalue weighted by molar-refractivity contribution is 5.90. The first-order valence-electron chi connectivity index (χ1n) is 9.62. The smallest absolute Gasteiger partial charge is 0.307 e. The number of carboxylic acid groups (broad SMARTS) is 1. The van der Waals surface area contributed by atoms with Gasteiger partial charge in [0.25, 0.3) is 0 Å². The van der Waals surface area contributed by atoms with Crippen LogP contribution in [-0.2, 0) is 4.79 Å². The Labute approximate surface area is 165 Å². The van der Waals surface area contributed by atoms with Crippen LogP contribution >= 0.6 is 0 Å². The van der Waals surface area contributed by atoms with Crippen LogP contribution in [0.15, 0.2) is 53.6 Å². The fourth-order valence-corrected chi connectivity index (χ4v) is 3.51. The third kappa shape index (κ3) is 5.33. The molecule has 3 rings (SSSR count). The van der Waals surface area contributed by atoms with Gasteiger partial charge in [0, 0.05) is 25.2 Å². The third-order valence-corrected chi connectivity index (χ3v) is 5.03. The number of hydrazone groups is 1. The van der Waals surface area contributed by atoms with Gasteiger partial charge < -0.3 is 20.2 Å². The summed E-state index contributed by atoms with van der Waals surface area (Å²) < 4.78 is 5.32. The number of benzene rings is 2. The normalized spacial score (nSPS) is 17.5. The van der Waals surface area contributed by atoms with Crippen LogP contribution < -0.4 is 10.2 Å². The van der Waals surface area contributed by atoms with E-state index in [-0.39, 0.29) is 5.92 Å². The first-order valence-corrected chi connectivity index (χ1v) is 9.62. The number of ether oxygens (including phenoxy) is 1. The van der Waals surface area contributed by atoms with E-state index in [2.05, 4.69) is 27.6 Å². The summed E-state index contributed by atoms with van der Waals surface area (Å²) in [5.41, 5.74) is 6.27. The molecule has 1 atom stereocenters. The predicted molar refractivity (Wildman–Crippen MR) is 111 cm³/mol. The van der Waals surface area contributed by atoms with E-state index in [4.69, 9.17) is 4.74 Å². The average Bonchev–Trinajstić information content (AvgIpc) is 2.74. The van der Waals surface area contributed by atoms with Crippen molar-refractivity contribution in [2.45, 2.75) is 12.8 Å². The molecule has 1 aliphatic rings. The topological polar surface area (TPSA) is 74.2 Å². The van der Waals surface area contributed by atoms with Crippen LogP contribution in [0.4, 0.5) is 0 Å². The van der Waals surface area contributed by atoms with E-state index in [1.54, 1.807) is 7.11 Å². The number of hydrogen-bond acceptors (Lipinski definition) is 5. The molecular weight excluding hydrogens is 354 g/mol. The van der Waals surface area contributed by atoms with Crippen molar-refractivity contribution in [2.75, 3.05) is 33.3 Å². The molecule has 6 heteroatoms. The molecule has 0 aliphatic carbocycles. The van der Waals surface area contributed by atoms with Crippen molar-refractivity contribution in [2.24, 2.45) is 11.0 Å². The summed E-state index contributed by atoms with van der Waals surface area (Å²) in [6.45, 7) is 3.05. The number of hydrogen-bond donors (Lipinski definition) is 2. The number of carboxylic acids is 1. The lowest BCUT2D eigenvalue weighted by Gasteiger charge is -2.30. The molecule has 0 saturated carbocycles. The van der Waals surface area contributed by atoms with Crippen LogP contribution in [0.3, 0.4) is 0 Å². The zero-order chi connectivity index (χ0) is 19.8. The second-order valence-corrected chi connectivity index (χ2v) is 6.96.